The predicted octanol–water partition coefficient (Wildman–Crippen LogP) is -0.343. The highest BCUT2D eigenvalue weighted by atomic mass is 16.4. The summed E-state index contributed by atoms with van der Waals surface area (Å²) in [6.07, 6.45) is 2.08. The van der Waals surface area contributed by atoms with Gasteiger partial charge in [0.25, 0.3) is 0 Å². The van der Waals surface area contributed by atoms with Crippen molar-refractivity contribution in [3.05, 3.63) is 0 Å². The first-order valence-electron chi connectivity index (χ1n) is 4.76. The number of carboxylic acids is 1. The van der Waals surface area contributed by atoms with Crippen LogP contribution >= 0.6 is 0 Å². The highest BCUT2D eigenvalue weighted by Crippen LogP contribution is 2.27. The van der Waals surface area contributed by atoms with Crippen molar-refractivity contribution in [2.45, 2.75) is 25.8 Å². The standard InChI is InChI=1S/C9H16N2O3/c1-6(9(13)14)4-11(5-8(10)12)7-2-3-7/h6-7H,2-5H2,1H3,(H2,10,12)(H,13,14). The molecule has 1 aliphatic rings. The molecule has 0 aromatic rings. The van der Waals surface area contributed by atoms with Gasteiger partial charge in [-0.3, -0.25) is 14.5 Å². The lowest BCUT2D eigenvalue weighted by Crippen LogP contribution is -2.39. The second-order valence-corrected chi connectivity index (χ2v) is 3.87. The maximum Gasteiger partial charge on any atom is 0.307 e. The molecule has 3 N–H and O–H groups in total. The molecule has 0 spiro atoms. The van der Waals surface area contributed by atoms with Crippen molar-refractivity contribution in [1.29, 1.82) is 0 Å². The van der Waals surface area contributed by atoms with Gasteiger partial charge in [-0.2, -0.15) is 0 Å². The number of nitrogens with two attached hydrogens (primary N) is 1. The normalized spacial score (nSPS) is 18.1. The van der Waals surface area contributed by atoms with Gasteiger partial charge in [0.2, 0.25) is 5.91 Å². The topological polar surface area (TPSA) is 83.6 Å². The first-order chi connectivity index (χ1) is 6.50. The number of primary amides is 1. The minimum atomic E-state index is -0.833. The molecule has 1 saturated carbocycles. The van der Waals surface area contributed by atoms with Crippen molar-refractivity contribution in [2.75, 3.05) is 13.1 Å². The fourth-order valence-corrected chi connectivity index (χ4v) is 1.41. The Morgan fingerprint density at radius 3 is 2.50 bits per heavy atom. The van der Waals surface area contributed by atoms with Crippen molar-refractivity contribution >= 4 is 11.9 Å². The Morgan fingerprint density at radius 1 is 1.57 bits per heavy atom. The molecule has 1 rings (SSSR count). The maximum absolute atomic E-state index is 10.7. The van der Waals surface area contributed by atoms with E-state index in [0.29, 0.717) is 12.6 Å². The number of nitrogens with zero attached hydrogens (tertiary/aromatic N) is 1. The van der Waals surface area contributed by atoms with Crippen LogP contribution in [0, 0.1) is 5.92 Å². The van der Waals surface area contributed by atoms with E-state index in [4.69, 9.17) is 10.8 Å². The van der Waals surface area contributed by atoms with Crippen molar-refractivity contribution < 1.29 is 14.7 Å². The van der Waals surface area contributed by atoms with E-state index in [9.17, 15) is 9.59 Å². The molecule has 5 heteroatoms. The molecule has 5 nitrogen and oxygen atoms in total. The van der Waals surface area contributed by atoms with Crippen LogP contribution in [0.15, 0.2) is 0 Å². The average molecular weight is 200 g/mol. The number of carbonyl (C=O) groups excluding carboxylic acids is 1. The molecule has 0 aliphatic heterocycles. The van der Waals surface area contributed by atoms with Gasteiger partial charge in [0.15, 0.2) is 0 Å². The molecule has 1 unspecified atom stereocenters. The number of carbonyl (C=O) groups is 2. The fourth-order valence-electron chi connectivity index (χ4n) is 1.41. The smallest absolute Gasteiger partial charge is 0.307 e. The molecule has 1 amide bonds. The van der Waals surface area contributed by atoms with Crippen LogP contribution in [0.3, 0.4) is 0 Å². The second-order valence-electron chi connectivity index (χ2n) is 3.87. The van der Waals surface area contributed by atoms with E-state index >= 15 is 0 Å². The van der Waals surface area contributed by atoms with E-state index in [2.05, 4.69) is 0 Å². The third kappa shape index (κ3) is 3.33. The predicted molar refractivity (Wildman–Crippen MR) is 50.6 cm³/mol. The Labute approximate surface area is 82.9 Å². The van der Waals surface area contributed by atoms with Gasteiger partial charge in [0, 0.05) is 12.6 Å². The van der Waals surface area contributed by atoms with Crippen molar-refractivity contribution in [1.82, 2.24) is 4.90 Å². The third-order valence-corrected chi connectivity index (χ3v) is 2.35. The highest BCUT2D eigenvalue weighted by molar-refractivity contribution is 5.76. The molecular formula is C9H16N2O3. The number of amides is 1. The molecule has 14 heavy (non-hydrogen) atoms. The summed E-state index contributed by atoms with van der Waals surface area (Å²) in [5.41, 5.74) is 5.08. The van der Waals surface area contributed by atoms with E-state index in [1.807, 2.05) is 4.90 Å². The molecule has 1 aliphatic carbocycles. The second kappa shape index (κ2) is 4.41. The Balaban J connectivity index is 2.42. The molecule has 1 fully saturated rings. The van der Waals surface area contributed by atoms with Crippen LogP contribution in [0.1, 0.15) is 19.8 Å². The van der Waals surface area contributed by atoms with Gasteiger partial charge in [0.05, 0.1) is 12.5 Å². The van der Waals surface area contributed by atoms with Gasteiger partial charge in [-0.15, -0.1) is 0 Å². The fraction of sp³-hybridized carbons (Fsp3) is 0.778. The van der Waals surface area contributed by atoms with E-state index in [1.54, 1.807) is 6.92 Å². The van der Waals surface area contributed by atoms with Crippen LogP contribution in [0.5, 0.6) is 0 Å². The number of carboxylic acid groups (broad SMARTS) is 1. The average Bonchev–Trinajstić information content (AvgIpc) is 2.83. The molecule has 0 radical (unpaired) electrons. The number of hydrogen-bond acceptors (Lipinski definition) is 3. The van der Waals surface area contributed by atoms with Crippen LogP contribution in [0.25, 0.3) is 0 Å². The van der Waals surface area contributed by atoms with E-state index in [0.717, 1.165) is 12.8 Å². The number of hydrogen-bond donors (Lipinski definition) is 2. The first kappa shape index (κ1) is 11.0. The lowest BCUT2D eigenvalue weighted by Gasteiger charge is -2.21. The molecule has 0 bridgehead atoms. The molecule has 0 aromatic carbocycles. The van der Waals surface area contributed by atoms with E-state index in [1.165, 1.54) is 0 Å². The Kier molecular flexibility index (Phi) is 3.46. The maximum atomic E-state index is 10.7. The molecule has 0 saturated heterocycles. The van der Waals surface area contributed by atoms with Gasteiger partial charge in [-0.05, 0) is 12.8 Å². The number of aliphatic carboxylic acids is 1. The van der Waals surface area contributed by atoms with Gasteiger partial charge in [-0.1, -0.05) is 6.92 Å². The minimum absolute atomic E-state index is 0.169. The molecule has 80 valence electrons. The summed E-state index contributed by atoms with van der Waals surface area (Å²) in [4.78, 5) is 23.2. The Morgan fingerprint density at radius 2 is 2.14 bits per heavy atom. The summed E-state index contributed by atoms with van der Waals surface area (Å²) in [5, 5.41) is 8.72. The van der Waals surface area contributed by atoms with Crippen LogP contribution < -0.4 is 5.73 Å². The summed E-state index contributed by atoms with van der Waals surface area (Å²) in [6.45, 7) is 2.21. The van der Waals surface area contributed by atoms with Crippen molar-refractivity contribution in [2.24, 2.45) is 11.7 Å². The van der Waals surface area contributed by atoms with E-state index < -0.39 is 17.8 Å². The summed E-state index contributed by atoms with van der Waals surface area (Å²) >= 11 is 0. The summed E-state index contributed by atoms with van der Waals surface area (Å²) < 4.78 is 0. The highest BCUT2D eigenvalue weighted by Gasteiger charge is 2.31. The summed E-state index contributed by atoms with van der Waals surface area (Å²) in [6, 6.07) is 0.365. The van der Waals surface area contributed by atoms with E-state index in [-0.39, 0.29) is 6.54 Å². The Hall–Kier alpha value is -1.10. The van der Waals surface area contributed by atoms with Crippen LogP contribution in [0.2, 0.25) is 0 Å². The minimum Gasteiger partial charge on any atom is -0.481 e. The van der Waals surface area contributed by atoms with Gasteiger partial charge >= 0.3 is 5.97 Å². The zero-order valence-corrected chi connectivity index (χ0v) is 8.27. The van der Waals surface area contributed by atoms with Crippen LogP contribution in [0.4, 0.5) is 0 Å². The molecule has 1 atom stereocenters. The van der Waals surface area contributed by atoms with Gasteiger partial charge < -0.3 is 10.8 Å². The quantitative estimate of drug-likeness (QED) is 0.614. The molecule has 0 heterocycles. The summed E-state index contributed by atoms with van der Waals surface area (Å²) in [7, 11) is 0. The summed E-state index contributed by atoms with van der Waals surface area (Å²) in [5.74, 6) is -1.68. The molecule has 0 aromatic heterocycles. The lowest BCUT2D eigenvalue weighted by molar-refractivity contribution is -0.142. The van der Waals surface area contributed by atoms with Gasteiger partial charge in [-0.25, -0.2) is 0 Å². The zero-order chi connectivity index (χ0) is 10.7. The van der Waals surface area contributed by atoms with Crippen molar-refractivity contribution in [3.63, 3.8) is 0 Å². The Bertz CT molecular complexity index is 238. The largest absolute Gasteiger partial charge is 0.481 e. The first-order valence-corrected chi connectivity index (χ1v) is 4.76. The van der Waals surface area contributed by atoms with Crippen LogP contribution in [-0.2, 0) is 9.59 Å². The van der Waals surface area contributed by atoms with Crippen LogP contribution in [-0.4, -0.2) is 41.0 Å². The van der Waals surface area contributed by atoms with Crippen molar-refractivity contribution in [3.8, 4) is 0 Å². The monoisotopic (exact) mass is 200 g/mol. The third-order valence-electron chi connectivity index (χ3n) is 2.35. The molecular weight excluding hydrogens is 184 g/mol. The SMILES string of the molecule is CC(CN(CC(N)=O)C1CC1)C(=O)O. The van der Waals surface area contributed by atoms with Gasteiger partial charge in [0.1, 0.15) is 0 Å². The number of rotatable bonds is 6. The zero-order valence-electron chi connectivity index (χ0n) is 8.27. The lowest BCUT2D eigenvalue weighted by atomic mass is 10.1.